The largest absolute Gasteiger partial charge is 0.416 e. The van der Waals surface area contributed by atoms with Gasteiger partial charge in [0.15, 0.2) is 0 Å². The lowest BCUT2D eigenvalue weighted by molar-refractivity contribution is -0.138. The van der Waals surface area contributed by atoms with Gasteiger partial charge in [-0.1, -0.05) is 42.3 Å². The highest BCUT2D eigenvalue weighted by Gasteiger charge is 2.36. The molecule has 2 unspecified atom stereocenters. The molecule has 1 N–H and O–H groups in total. The van der Waals surface area contributed by atoms with Crippen LogP contribution in [-0.2, 0) is 6.18 Å². The Bertz CT molecular complexity index is 404. The Balaban J connectivity index is 3.30. The Morgan fingerprint density at radius 3 is 2.39 bits per heavy atom. The molecule has 0 aliphatic heterocycles. The Hall–Kier alpha value is -0.550. The van der Waals surface area contributed by atoms with E-state index in [2.05, 4.69) is 21.2 Å². The van der Waals surface area contributed by atoms with Crippen LogP contribution < -0.4 is 5.32 Å². The summed E-state index contributed by atoms with van der Waals surface area (Å²) in [6.45, 7) is 3.92. The molecular formula is C13H17BrF3N. The summed E-state index contributed by atoms with van der Waals surface area (Å²) in [5.41, 5.74) is -0.265. The topological polar surface area (TPSA) is 12.0 Å². The van der Waals surface area contributed by atoms with Gasteiger partial charge < -0.3 is 5.32 Å². The first-order valence-electron chi connectivity index (χ1n) is 5.85. The molecule has 0 spiro atoms. The second-order valence-corrected chi connectivity index (χ2v) is 5.30. The van der Waals surface area contributed by atoms with Crippen LogP contribution in [0.3, 0.4) is 0 Å². The van der Waals surface area contributed by atoms with Crippen molar-refractivity contribution in [2.24, 2.45) is 5.92 Å². The van der Waals surface area contributed by atoms with E-state index < -0.39 is 11.7 Å². The summed E-state index contributed by atoms with van der Waals surface area (Å²) >= 11 is 3.09. The van der Waals surface area contributed by atoms with Crippen molar-refractivity contribution in [3.05, 3.63) is 33.8 Å². The van der Waals surface area contributed by atoms with Gasteiger partial charge in [-0.3, -0.25) is 0 Å². The molecule has 0 aliphatic rings. The van der Waals surface area contributed by atoms with Gasteiger partial charge in [-0.25, -0.2) is 0 Å². The first-order valence-corrected chi connectivity index (χ1v) is 6.64. The first kappa shape index (κ1) is 15.5. The molecular weight excluding hydrogens is 307 g/mol. The maximum absolute atomic E-state index is 13.0. The van der Waals surface area contributed by atoms with Gasteiger partial charge in [-0.2, -0.15) is 13.2 Å². The zero-order valence-electron chi connectivity index (χ0n) is 10.6. The second kappa shape index (κ2) is 6.06. The minimum absolute atomic E-state index is 0.136. The van der Waals surface area contributed by atoms with Crippen LogP contribution >= 0.6 is 15.9 Å². The van der Waals surface area contributed by atoms with E-state index >= 15 is 0 Å². The summed E-state index contributed by atoms with van der Waals surface area (Å²) < 4.78 is 39.6. The standard InChI is InChI=1S/C13H17BrF3N/c1-4-8(2)12(18-3)10-6-5-9(14)7-11(10)13(15,16)17/h5-8,12,18H,4H2,1-3H3. The highest BCUT2D eigenvalue weighted by atomic mass is 79.9. The number of benzene rings is 1. The van der Waals surface area contributed by atoms with E-state index in [0.29, 0.717) is 10.0 Å². The van der Waals surface area contributed by atoms with Crippen molar-refractivity contribution in [1.82, 2.24) is 5.32 Å². The number of rotatable bonds is 4. The van der Waals surface area contributed by atoms with Gasteiger partial charge in [-0.05, 0) is 30.7 Å². The molecule has 0 fully saturated rings. The SMILES string of the molecule is CCC(C)C(NC)c1ccc(Br)cc1C(F)(F)F. The number of halogens is 4. The third-order valence-corrected chi connectivity index (χ3v) is 3.67. The van der Waals surface area contributed by atoms with Crippen LogP contribution in [0, 0.1) is 5.92 Å². The van der Waals surface area contributed by atoms with Gasteiger partial charge in [0.2, 0.25) is 0 Å². The Labute approximate surface area is 114 Å². The van der Waals surface area contributed by atoms with Gasteiger partial charge in [0, 0.05) is 10.5 Å². The molecule has 2 atom stereocenters. The second-order valence-electron chi connectivity index (χ2n) is 4.38. The summed E-state index contributed by atoms with van der Waals surface area (Å²) in [7, 11) is 1.69. The smallest absolute Gasteiger partial charge is 0.313 e. The van der Waals surface area contributed by atoms with Crippen molar-refractivity contribution in [3.63, 3.8) is 0 Å². The average Bonchev–Trinajstić information content (AvgIpc) is 2.30. The summed E-state index contributed by atoms with van der Waals surface area (Å²) in [4.78, 5) is 0. The van der Waals surface area contributed by atoms with E-state index in [-0.39, 0.29) is 12.0 Å². The van der Waals surface area contributed by atoms with Crippen LogP contribution in [0.5, 0.6) is 0 Å². The van der Waals surface area contributed by atoms with Crippen molar-refractivity contribution in [2.75, 3.05) is 7.05 Å². The quantitative estimate of drug-likeness (QED) is 0.841. The Morgan fingerprint density at radius 1 is 1.33 bits per heavy atom. The average molecular weight is 324 g/mol. The molecule has 1 aromatic carbocycles. The summed E-state index contributed by atoms with van der Waals surface area (Å²) in [6, 6.07) is 4.04. The molecule has 1 aromatic rings. The van der Waals surface area contributed by atoms with E-state index in [1.165, 1.54) is 0 Å². The number of nitrogens with one attached hydrogen (secondary N) is 1. The third kappa shape index (κ3) is 3.48. The predicted molar refractivity (Wildman–Crippen MR) is 70.4 cm³/mol. The molecule has 1 rings (SSSR count). The summed E-state index contributed by atoms with van der Waals surface area (Å²) in [5.74, 6) is 0.136. The molecule has 0 amide bonds. The van der Waals surface area contributed by atoms with Gasteiger partial charge in [0.1, 0.15) is 0 Å². The fourth-order valence-corrected chi connectivity index (χ4v) is 2.39. The van der Waals surface area contributed by atoms with E-state index in [4.69, 9.17) is 0 Å². The highest BCUT2D eigenvalue weighted by Crippen LogP contribution is 2.38. The molecule has 0 saturated carbocycles. The van der Waals surface area contributed by atoms with E-state index in [1.54, 1.807) is 19.2 Å². The lowest BCUT2D eigenvalue weighted by Crippen LogP contribution is -2.26. The molecule has 5 heteroatoms. The fraction of sp³-hybridized carbons (Fsp3) is 0.538. The normalized spacial score (nSPS) is 15.5. The first-order chi connectivity index (χ1) is 8.31. The number of hydrogen-bond donors (Lipinski definition) is 1. The van der Waals surface area contributed by atoms with E-state index in [1.807, 2.05) is 13.8 Å². The van der Waals surface area contributed by atoms with Gasteiger partial charge in [-0.15, -0.1) is 0 Å². The minimum Gasteiger partial charge on any atom is -0.313 e. The van der Waals surface area contributed by atoms with Crippen LogP contribution in [-0.4, -0.2) is 7.05 Å². The number of hydrogen-bond acceptors (Lipinski definition) is 1. The highest BCUT2D eigenvalue weighted by molar-refractivity contribution is 9.10. The maximum atomic E-state index is 13.0. The molecule has 0 aliphatic carbocycles. The van der Waals surface area contributed by atoms with Crippen molar-refractivity contribution in [1.29, 1.82) is 0 Å². The fourth-order valence-electron chi connectivity index (χ4n) is 2.03. The predicted octanol–water partition coefficient (Wildman–Crippen LogP) is 4.77. The van der Waals surface area contributed by atoms with Gasteiger partial charge >= 0.3 is 6.18 Å². The number of alkyl halides is 3. The molecule has 18 heavy (non-hydrogen) atoms. The van der Waals surface area contributed by atoms with Crippen LogP contribution in [0.25, 0.3) is 0 Å². The minimum atomic E-state index is -4.33. The van der Waals surface area contributed by atoms with Gasteiger partial charge in [0.05, 0.1) is 5.56 Å². The summed E-state index contributed by atoms with van der Waals surface area (Å²) in [6.07, 6.45) is -3.51. The maximum Gasteiger partial charge on any atom is 0.416 e. The molecule has 0 bridgehead atoms. The molecule has 0 aromatic heterocycles. The van der Waals surface area contributed by atoms with Crippen LogP contribution in [0.2, 0.25) is 0 Å². The van der Waals surface area contributed by atoms with Crippen molar-refractivity contribution < 1.29 is 13.2 Å². The van der Waals surface area contributed by atoms with Crippen molar-refractivity contribution in [2.45, 2.75) is 32.5 Å². The van der Waals surface area contributed by atoms with Crippen molar-refractivity contribution in [3.8, 4) is 0 Å². The zero-order valence-corrected chi connectivity index (χ0v) is 12.2. The lowest BCUT2D eigenvalue weighted by Gasteiger charge is -2.26. The van der Waals surface area contributed by atoms with Crippen LogP contribution in [0.1, 0.15) is 37.4 Å². The van der Waals surface area contributed by atoms with Crippen molar-refractivity contribution >= 4 is 15.9 Å². The third-order valence-electron chi connectivity index (χ3n) is 3.18. The molecule has 0 radical (unpaired) electrons. The molecule has 102 valence electrons. The van der Waals surface area contributed by atoms with Crippen LogP contribution in [0.15, 0.2) is 22.7 Å². The zero-order chi connectivity index (χ0) is 13.9. The van der Waals surface area contributed by atoms with E-state index in [0.717, 1.165) is 12.5 Å². The van der Waals surface area contributed by atoms with Crippen LogP contribution in [0.4, 0.5) is 13.2 Å². The van der Waals surface area contributed by atoms with Gasteiger partial charge in [0.25, 0.3) is 0 Å². The molecule has 0 heterocycles. The Morgan fingerprint density at radius 2 is 1.94 bits per heavy atom. The Kier molecular flexibility index (Phi) is 5.22. The lowest BCUT2D eigenvalue weighted by atomic mass is 9.89. The van der Waals surface area contributed by atoms with E-state index in [9.17, 15) is 13.2 Å². The molecule has 0 saturated heterocycles. The summed E-state index contributed by atoms with van der Waals surface area (Å²) in [5, 5.41) is 2.99. The monoisotopic (exact) mass is 323 g/mol. The molecule has 1 nitrogen and oxygen atoms in total.